The number of sulfone groups is 1. The number of nitrogens with zero attached hydrogens (tertiary/aromatic N) is 3. The lowest BCUT2D eigenvalue weighted by atomic mass is 10.1. The molecule has 158 valence electrons. The second-order valence-corrected chi connectivity index (χ2v) is 9.81. The Hall–Kier alpha value is -3.48. The maximum Gasteiger partial charge on any atom is 0.210 e. The molecule has 0 unspecified atom stereocenters. The van der Waals surface area contributed by atoms with Gasteiger partial charge in [-0.3, -0.25) is 0 Å². The van der Waals surface area contributed by atoms with Crippen LogP contribution in [0.4, 0.5) is 0 Å². The van der Waals surface area contributed by atoms with Crippen molar-refractivity contribution >= 4 is 27.1 Å². The molecule has 0 aliphatic heterocycles. The first kappa shape index (κ1) is 20.4. The summed E-state index contributed by atoms with van der Waals surface area (Å²) in [5, 5.41) is 5.30. The summed E-state index contributed by atoms with van der Waals surface area (Å²) < 4.78 is 28.7. The quantitative estimate of drug-likeness (QED) is 0.337. The normalized spacial score (nSPS) is 11.7. The van der Waals surface area contributed by atoms with E-state index < -0.39 is 9.84 Å². The molecule has 0 saturated heterocycles. The zero-order chi connectivity index (χ0) is 22.3. The van der Waals surface area contributed by atoms with E-state index in [2.05, 4.69) is 4.98 Å². The predicted molar refractivity (Wildman–Crippen MR) is 125 cm³/mol. The Morgan fingerprint density at radius 1 is 0.844 bits per heavy atom. The van der Waals surface area contributed by atoms with Crippen LogP contribution in [-0.4, -0.2) is 23.0 Å². The van der Waals surface area contributed by atoms with E-state index in [0.29, 0.717) is 27.6 Å². The molecule has 0 radical (unpaired) electrons. The van der Waals surface area contributed by atoms with Crippen LogP contribution in [0, 0.1) is 6.92 Å². The predicted octanol–water partition coefficient (Wildman–Crippen LogP) is 5.86. The Bertz CT molecular complexity index is 1530. The number of aryl methyl sites for hydroxylation is 1. The van der Waals surface area contributed by atoms with Gasteiger partial charge in [-0.1, -0.05) is 71.8 Å². The lowest BCUT2D eigenvalue weighted by Gasteiger charge is -2.12. The second-order valence-electron chi connectivity index (χ2n) is 7.46. The molecule has 0 bridgehead atoms. The lowest BCUT2D eigenvalue weighted by Crippen LogP contribution is -2.09. The van der Waals surface area contributed by atoms with Crippen molar-refractivity contribution in [2.75, 3.05) is 0 Å². The van der Waals surface area contributed by atoms with Crippen molar-refractivity contribution in [3.63, 3.8) is 0 Å². The van der Waals surface area contributed by atoms with Gasteiger partial charge < -0.3 is 0 Å². The van der Waals surface area contributed by atoms with Gasteiger partial charge in [0.2, 0.25) is 9.84 Å². The molecular weight excluding hydrogens is 442 g/mol. The summed E-state index contributed by atoms with van der Waals surface area (Å²) >= 11 is 6.09. The van der Waals surface area contributed by atoms with Gasteiger partial charge in [-0.05, 0) is 31.2 Å². The molecular formula is C25H18ClN3O2S. The summed E-state index contributed by atoms with van der Waals surface area (Å²) in [4.78, 5) is 4.71. The van der Waals surface area contributed by atoms with Gasteiger partial charge in [0, 0.05) is 22.2 Å². The van der Waals surface area contributed by atoms with E-state index in [1.54, 1.807) is 59.1 Å². The lowest BCUT2D eigenvalue weighted by molar-refractivity contribution is 0.595. The highest BCUT2D eigenvalue weighted by atomic mass is 35.5. The number of benzene rings is 3. The highest BCUT2D eigenvalue weighted by Crippen LogP contribution is 2.33. The van der Waals surface area contributed by atoms with E-state index in [0.717, 1.165) is 11.1 Å². The largest absolute Gasteiger partial charge is 0.236 e. The van der Waals surface area contributed by atoms with E-state index in [4.69, 9.17) is 16.7 Å². The van der Waals surface area contributed by atoms with Gasteiger partial charge in [0.15, 0.2) is 5.65 Å². The fraction of sp³-hybridized carbons (Fsp3) is 0.0400. The molecule has 0 aliphatic carbocycles. The number of hydrogen-bond acceptors (Lipinski definition) is 4. The van der Waals surface area contributed by atoms with Crippen LogP contribution in [-0.2, 0) is 9.84 Å². The van der Waals surface area contributed by atoms with Crippen LogP contribution in [0.2, 0.25) is 5.02 Å². The molecule has 0 atom stereocenters. The van der Waals surface area contributed by atoms with Crippen molar-refractivity contribution in [3.8, 4) is 22.5 Å². The van der Waals surface area contributed by atoms with E-state index in [-0.39, 0.29) is 9.79 Å². The molecule has 5 rings (SSSR count). The Morgan fingerprint density at radius 2 is 1.50 bits per heavy atom. The first-order valence-corrected chi connectivity index (χ1v) is 11.8. The van der Waals surface area contributed by atoms with Crippen LogP contribution >= 0.6 is 11.6 Å². The van der Waals surface area contributed by atoms with Crippen molar-refractivity contribution in [2.45, 2.75) is 16.7 Å². The van der Waals surface area contributed by atoms with Crippen molar-refractivity contribution < 1.29 is 8.42 Å². The molecule has 0 fully saturated rings. The minimum atomic E-state index is -3.84. The molecule has 0 aliphatic rings. The molecule has 0 amide bonds. The van der Waals surface area contributed by atoms with Crippen LogP contribution in [0.1, 0.15) is 5.56 Å². The molecule has 5 nitrogen and oxygen atoms in total. The zero-order valence-electron chi connectivity index (χ0n) is 17.1. The number of halogens is 1. The van der Waals surface area contributed by atoms with Crippen molar-refractivity contribution in [3.05, 3.63) is 102 Å². The third-order valence-corrected chi connectivity index (χ3v) is 7.28. The number of aromatic nitrogens is 3. The average molecular weight is 460 g/mol. The molecule has 0 N–H and O–H groups in total. The fourth-order valence-electron chi connectivity index (χ4n) is 3.58. The van der Waals surface area contributed by atoms with Gasteiger partial charge in [-0.2, -0.15) is 5.10 Å². The van der Waals surface area contributed by atoms with Crippen LogP contribution in [0.15, 0.2) is 101 Å². The smallest absolute Gasteiger partial charge is 0.210 e. The molecule has 32 heavy (non-hydrogen) atoms. The monoisotopic (exact) mass is 459 g/mol. The van der Waals surface area contributed by atoms with E-state index in [1.165, 1.54) is 6.20 Å². The molecule has 7 heteroatoms. The fourth-order valence-corrected chi connectivity index (χ4v) is 5.12. The zero-order valence-corrected chi connectivity index (χ0v) is 18.7. The minimum absolute atomic E-state index is 0.0806. The van der Waals surface area contributed by atoms with Gasteiger partial charge in [0.1, 0.15) is 4.90 Å². The summed E-state index contributed by atoms with van der Waals surface area (Å²) in [5.41, 5.74) is 4.45. The van der Waals surface area contributed by atoms with Crippen molar-refractivity contribution in [2.24, 2.45) is 0 Å². The van der Waals surface area contributed by atoms with Crippen molar-refractivity contribution in [1.29, 1.82) is 0 Å². The maximum absolute atomic E-state index is 13.5. The summed E-state index contributed by atoms with van der Waals surface area (Å²) in [6.07, 6.45) is 1.40. The molecule has 0 saturated carbocycles. The standard InChI is InChI=1S/C25H18ClN3O2S/c1-17-7-9-18(10-8-17)22-15-24-27-16-23(32(30,31)21-5-3-2-4-6-21)25(29(24)28-22)19-11-13-20(26)14-12-19/h2-16H,1H3. The summed E-state index contributed by atoms with van der Waals surface area (Å²) in [7, 11) is -3.84. The van der Waals surface area contributed by atoms with E-state index >= 15 is 0 Å². The number of fused-ring (bicyclic) bond motifs is 1. The Balaban J connectivity index is 1.80. The molecule has 3 aromatic carbocycles. The average Bonchev–Trinajstić information content (AvgIpc) is 3.24. The van der Waals surface area contributed by atoms with Gasteiger partial charge in [-0.15, -0.1) is 0 Å². The summed E-state index contributed by atoms with van der Waals surface area (Å²) in [6, 6.07) is 25.2. The molecule has 0 spiro atoms. The van der Waals surface area contributed by atoms with Gasteiger partial charge in [0.25, 0.3) is 0 Å². The second kappa shape index (κ2) is 7.89. The van der Waals surface area contributed by atoms with Gasteiger partial charge in [-0.25, -0.2) is 17.9 Å². The molecule has 5 aromatic rings. The highest BCUT2D eigenvalue weighted by molar-refractivity contribution is 7.91. The highest BCUT2D eigenvalue weighted by Gasteiger charge is 2.26. The van der Waals surface area contributed by atoms with Crippen LogP contribution in [0.3, 0.4) is 0 Å². The van der Waals surface area contributed by atoms with Crippen LogP contribution in [0.5, 0.6) is 0 Å². The first-order chi connectivity index (χ1) is 15.4. The summed E-state index contributed by atoms with van der Waals surface area (Å²) in [6.45, 7) is 2.02. The van der Waals surface area contributed by atoms with E-state index in [1.807, 2.05) is 37.3 Å². The van der Waals surface area contributed by atoms with Crippen LogP contribution < -0.4 is 0 Å². The van der Waals surface area contributed by atoms with Gasteiger partial charge in [0.05, 0.1) is 22.5 Å². The van der Waals surface area contributed by atoms with Crippen LogP contribution in [0.25, 0.3) is 28.2 Å². The van der Waals surface area contributed by atoms with E-state index in [9.17, 15) is 8.42 Å². The Kier molecular flexibility index (Phi) is 5.04. The minimum Gasteiger partial charge on any atom is -0.236 e. The summed E-state index contributed by atoms with van der Waals surface area (Å²) in [5.74, 6) is 0. The molecule has 2 heterocycles. The molecule has 2 aromatic heterocycles. The third kappa shape index (κ3) is 3.57. The first-order valence-electron chi connectivity index (χ1n) is 9.95. The third-order valence-electron chi connectivity index (χ3n) is 5.26. The Labute approximate surface area is 190 Å². The number of hydrogen-bond donors (Lipinski definition) is 0. The topological polar surface area (TPSA) is 64.3 Å². The Morgan fingerprint density at radius 3 is 2.19 bits per heavy atom. The maximum atomic E-state index is 13.5. The van der Waals surface area contributed by atoms with Gasteiger partial charge >= 0.3 is 0 Å². The number of rotatable bonds is 4. The SMILES string of the molecule is Cc1ccc(-c2cc3ncc(S(=O)(=O)c4ccccc4)c(-c4ccc(Cl)cc4)n3n2)cc1. The van der Waals surface area contributed by atoms with Crippen molar-refractivity contribution in [1.82, 2.24) is 14.6 Å².